The minimum atomic E-state index is -0.150. The van der Waals surface area contributed by atoms with E-state index in [1.807, 2.05) is 6.92 Å². The Balaban J connectivity index is 3.46. The van der Waals surface area contributed by atoms with Crippen molar-refractivity contribution in [2.24, 2.45) is 5.41 Å². The van der Waals surface area contributed by atoms with Gasteiger partial charge in [-0.3, -0.25) is 0 Å². The SMILES string of the molecule is CC(O)CCCN(C)CC(C)(C)C. The largest absolute Gasteiger partial charge is 0.393 e. The molecule has 0 aliphatic carbocycles. The molecule has 1 unspecified atom stereocenters. The maximum absolute atomic E-state index is 9.08. The van der Waals surface area contributed by atoms with Crippen molar-refractivity contribution < 1.29 is 5.11 Å². The summed E-state index contributed by atoms with van der Waals surface area (Å²) >= 11 is 0. The summed E-state index contributed by atoms with van der Waals surface area (Å²) in [5.41, 5.74) is 0.375. The zero-order valence-electron chi connectivity index (χ0n) is 9.80. The second-order valence-corrected chi connectivity index (χ2v) is 5.29. The van der Waals surface area contributed by atoms with Crippen LogP contribution in [0.1, 0.15) is 40.5 Å². The first-order valence-electron chi connectivity index (χ1n) is 5.18. The zero-order chi connectivity index (χ0) is 10.5. The Kier molecular flexibility index (Phi) is 5.57. The van der Waals surface area contributed by atoms with Crippen molar-refractivity contribution in [3.05, 3.63) is 0 Å². The van der Waals surface area contributed by atoms with E-state index in [1.165, 1.54) is 0 Å². The molecule has 0 aromatic heterocycles. The quantitative estimate of drug-likeness (QED) is 0.712. The Bertz CT molecular complexity index is 127. The highest BCUT2D eigenvalue weighted by Gasteiger charge is 2.12. The van der Waals surface area contributed by atoms with Gasteiger partial charge >= 0.3 is 0 Å². The van der Waals surface area contributed by atoms with Gasteiger partial charge in [-0.1, -0.05) is 20.8 Å². The Labute approximate surface area is 82.9 Å². The number of nitrogens with zero attached hydrogens (tertiary/aromatic N) is 1. The van der Waals surface area contributed by atoms with Crippen LogP contribution in [0.2, 0.25) is 0 Å². The van der Waals surface area contributed by atoms with E-state index in [9.17, 15) is 0 Å². The van der Waals surface area contributed by atoms with Crippen molar-refractivity contribution in [2.45, 2.75) is 46.6 Å². The molecule has 0 radical (unpaired) electrons. The van der Waals surface area contributed by atoms with Crippen molar-refractivity contribution in [3.63, 3.8) is 0 Å². The second-order valence-electron chi connectivity index (χ2n) is 5.29. The van der Waals surface area contributed by atoms with Gasteiger partial charge < -0.3 is 10.0 Å². The van der Waals surface area contributed by atoms with Gasteiger partial charge in [0, 0.05) is 6.54 Å². The zero-order valence-corrected chi connectivity index (χ0v) is 9.80. The molecule has 2 nitrogen and oxygen atoms in total. The van der Waals surface area contributed by atoms with Crippen LogP contribution in [-0.2, 0) is 0 Å². The fourth-order valence-corrected chi connectivity index (χ4v) is 1.55. The predicted octanol–water partition coefficient (Wildman–Crippen LogP) is 2.13. The van der Waals surface area contributed by atoms with Gasteiger partial charge in [0.05, 0.1) is 6.10 Å². The van der Waals surface area contributed by atoms with Crippen LogP contribution in [0.4, 0.5) is 0 Å². The Hall–Kier alpha value is -0.0800. The second kappa shape index (κ2) is 5.61. The van der Waals surface area contributed by atoms with Gasteiger partial charge in [0.2, 0.25) is 0 Å². The summed E-state index contributed by atoms with van der Waals surface area (Å²) in [6.07, 6.45) is 1.85. The van der Waals surface area contributed by atoms with Gasteiger partial charge in [0.1, 0.15) is 0 Å². The lowest BCUT2D eigenvalue weighted by molar-refractivity contribution is 0.167. The van der Waals surface area contributed by atoms with Gasteiger partial charge in [-0.25, -0.2) is 0 Å². The van der Waals surface area contributed by atoms with Crippen LogP contribution < -0.4 is 0 Å². The third-order valence-corrected chi connectivity index (χ3v) is 1.91. The van der Waals surface area contributed by atoms with Crippen LogP contribution >= 0.6 is 0 Å². The molecular formula is C11H25NO. The molecule has 0 aliphatic heterocycles. The predicted molar refractivity (Wildman–Crippen MR) is 57.9 cm³/mol. The highest BCUT2D eigenvalue weighted by Crippen LogP contribution is 2.14. The molecule has 0 aromatic rings. The third kappa shape index (κ3) is 9.84. The molecule has 0 saturated heterocycles. The normalized spacial score (nSPS) is 15.0. The van der Waals surface area contributed by atoms with E-state index < -0.39 is 0 Å². The molecule has 0 aromatic carbocycles. The lowest BCUT2D eigenvalue weighted by atomic mass is 9.96. The average Bonchev–Trinajstić information content (AvgIpc) is 1.81. The van der Waals surface area contributed by atoms with E-state index in [2.05, 4.69) is 32.7 Å². The molecule has 1 N–H and O–H groups in total. The van der Waals surface area contributed by atoms with Crippen molar-refractivity contribution in [1.29, 1.82) is 0 Å². The van der Waals surface area contributed by atoms with E-state index >= 15 is 0 Å². The van der Waals surface area contributed by atoms with Crippen LogP contribution in [0.5, 0.6) is 0 Å². The molecule has 0 saturated carbocycles. The smallest absolute Gasteiger partial charge is 0.0512 e. The van der Waals surface area contributed by atoms with Crippen molar-refractivity contribution >= 4 is 0 Å². The summed E-state index contributed by atoms with van der Waals surface area (Å²) < 4.78 is 0. The van der Waals surface area contributed by atoms with Gasteiger partial charge in [-0.15, -0.1) is 0 Å². The Morgan fingerprint density at radius 1 is 1.31 bits per heavy atom. The number of aliphatic hydroxyl groups is 1. The number of aliphatic hydroxyl groups excluding tert-OH is 1. The highest BCUT2D eigenvalue weighted by molar-refractivity contribution is 4.66. The molecule has 0 fully saturated rings. The topological polar surface area (TPSA) is 23.5 Å². The highest BCUT2D eigenvalue weighted by atomic mass is 16.3. The number of rotatable bonds is 5. The number of hydrogen-bond acceptors (Lipinski definition) is 2. The van der Waals surface area contributed by atoms with Crippen LogP contribution in [0.25, 0.3) is 0 Å². The summed E-state index contributed by atoms with van der Waals surface area (Å²) in [7, 11) is 2.15. The summed E-state index contributed by atoms with van der Waals surface area (Å²) in [5.74, 6) is 0. The molecule has 1 atom stereocenters. The minimum Gasteiger partial charge on any atom is -0.393 e. The first kappa shape index (κ1) is 12.9. The summed E-state index contributed by atoms with van der Waals surface area (Å²) in [6.45, 7) is 10.8. The van der Waals surface area contributed by atoms with E-state index in [4.69, 9.17) is 5.11 Å². The molecule has 2 heteroatoms. The third-order valence-electron chi connectivity index (χ3n) is 1.91. The van der Waals surface area contributed by atoms with Crippen molar-refractivity contribution in [1.82, 2.24) is 4.90 Å². The first-order valence-corrected chi connectivity index (χ1v) is 5.18. The molecule has 13 heavy (non-hydrogen) atoms. The van der Waals surface area contributed by atoms with Crippen molar-refractivity contribution in [3.8, 4) is 0 Å². The Morgan fingerprint density at radius 3 is 2.23 bits per heavy atom. The van der Waals surface area contributed by atoms with Crippen LogP contribution in [0.15, 0.2) is 0 Å². The van der Waals surface area contributed by atoms with E-state index in [0.29, 0.717) is 5.41 Å². The molecule has 80 valence electrons. The van der Waals surface area contributed by atoms with Crippen molar-refractivity contribution in [2.75, 3.05) is 20.1 Å². The molecule has 0 bridgehead atoms. The van der Waals surface area contributed by atoms with Crippen LogP contribution in [0, 0.1) is 5.41 Å². The Morgan fingerprint density at radius 2 is 1.85 bits per heavy atom. The molecule has 0 aliphatic rings. The fourth-order valence-electron chi connectivity index (χ4n) is 1.55. The van der Waals surface area contributed by atoms with Gasteiger partial charge in [0.15, 0.2) is 0 Å². The maximum Gasteiger partial charge on any atom is 0.0512 e. The molecule has 0 rings (SSSR count). The van der Waals surface area contributed by atoms with Gasteiger partial charge in [-0.2, -0.15) is 0 Å². The van der Waals surface area contributed by atoms with Gasteiger partial charge in [-0.05, 0) is 38.8 Å². The lowest BCUT2D eigenvalue weighted by Gasteiger charge is -2.26. The van der Waals surface area contributed by atoms with Crippen LogP contribution in [0.3, 0.4) is 0 Å². The molecule has 0 spiro atoms. The summed E-state index contributed by atoms with van der Waals surface area (Å²) in [5, 5.41) is 9.08. The van der Waals surface area contributed by atoms with Gasteiger partial charge in [0.25, 0.3) is 0 Å². The minimum absolute atomic E-state index is 0.150. The number of hydrogen-bond donors (Lipinski definition) is 1. The average molecular weight is 187 g/mol. The maximum atomic E-state index is 9.08. The fraction of sp³-hybridized carbons (Fsp3) is 1.00. The molecular weight excluding hydrogens is 162 g/mol. The molecule has 0 heterocycles. The summed E-state index contributed by atoms with van der Waals surface area (Å²) in [6, 6.07) is 0. The monoisotopic (exact) mass is 187 g/mol. The lowest BCUT2D eigenvalue weighted by Crippen LogP contribution is -2.30. The molecule has 0 amide bonds. The van der Waals surface area contributed by atoms with E-state index in [-0.39, 0.29) is 6.10 Å². The van der Waals surface area contributed by atoms with E-state index in [1.54, 1.807) is 0 Å². The first-order chi connectivity index (χ1) is 5.81. The van der Waals surface area contributed by atoms with Crippen LogP contribution in [-0.4, -0.2) is 36.2 Å². The van der Waals surface area contributed by atoms with E-state index in [0.717, 1.165) is 25.9 Å². The summed E-state index contributed by atoms with van der Waals surface area (Å²) in [4.78, 5) is 2.34. The standard InChI is InChI=1S/C11H25NO/c1-10(13)7-6-8-12(5)9-11(2,3)4/h10,13H,6-9H2,1-5H3.